The van der Waals surface area contributed by atoms with Gasteiger partial charge in [-0.25, -0.2) is 0 Å². The Hall–Kier alpha value is 0.280. The number of aliphatic hydroxyl groups excluding tert-OH is 9. The summed E-state index contributed by atoms with van der Waals surface area (Å²) in [6.45, 7) is -1.21. The molecule has 1 rings (SSSR count). The van der Waals surface area contributed by atoms with Gasteiger partial charge in [-0.2, -0.15) is 0 Å². The third kappa shape index (κ3) is 5.65. The van der Waals surface area contributed by atoms with Crippen molar-refractivity contribution in [3.05, 3.63) is 0 Å². The molecule has 9 atom stereocenters. The Balaban J connectivity index is 0.00000484. The minimum absolute atomic E-state index is 0. The molecule has 0 saturated carbocycles. The lowest BCUT2D eigenvalue weighted by atomic mass is 10.0. The van der Waals surface area contributed by atoms with E-state index in [4.69, 9.17) is 5.11 Å². The normalized spacial score (nSPS) is 34.3. The van der Waals surface area contributed by atoms with E-state index in [1.165, 1.54) is 0 Å². The number of hydrogen-bond donors (Lipinski definition) is 9. The van der Waals surface area contributed by atoms with E-state index in [0.717, 1.165) is 0 Å². The lowest BCUT2D eigenvalue weighted by Crippen LogP contribution is -3.00. The molecule has 1 fully saturated rings. The van der Waals surface area contributed by atoms with Crippen LogP contribution in [0.5, 0.6) is 0 Å². The van der Waals surface area contributed by atoms with Crippen LogP contribution >= 0.6 is 0 Å². The first-order valence-corrected chi connectivity index (χ1v) is 8.51. The number of aliphatic hydroxyl groups is 9. The van der Waals surface area contributed by atoms with Gasteiger partial charge in [0.2, 0.25) is 0 Å². The summed E-state index contributed by atoms with van der Waals surface area (Å²) in [7, 11) is -0.783. The van der Waals surface area contributed by atoms with Gasteiger partial charge in [-0.1, -0.05) is 0 Å². The van der Waals surface area contributed by atoms with Gasteiger partial charge >= 0.3 is 0 Å². The second-order valence-corrected chi connectivity index (χ2v) is 7.79. The van der Waals surface area contributed by atoms with Gasteiger partial charge in [0.05, 0.1) is 13.2 Å². The maximum atomic E-state index is 9.93. The van der Waals surface area contributed by atoms with Gasteiger partial charge in [0, 0.05) is 10.9 Å². The third-order valence-corrected chi connectivity index (χ3v) is 6.65. The molecular weight excluding hydrogens is 356 g/mol. The SMILES string of the molecule is OC[C@@H](O)[C@H](O)[C@@H](O)[C@H](O)[C@H](O)C[S+]1C[C@@H](O)[C@H](O)[C@H]1CO.[Cl-]. The third-order valence-electron chi connectivity index (χ3n) is 3.83. The molecule has 11 heteroatoms. The van der Waals surface area contributed by atoms with Crippen molar-refractivity contribution in [3.8, 4) is 0 Å². The van der Waals surface area contributed by atoms with Crippen LogP contribution in [0.15, 0.2) is 0 Å². The molecule has 23 heavy (non-hydrogen) atoms. The van der Waals surface area contributed by atoms with Crippen LogP contribution in [0.4, 0.5) is 0 Å². The van der Waals surface area contributed by atoms with Crippen LogP contribution in [0.3, 0.4) is 0 Å². The molecule has 9 nitrogen and oxygen atoms in total. The summed E-state index contributed by atoms with van der Waals surface area (Å²) in [5.74, 6) is 0.0492. The molecule has 1 aliphatic rings. The predicted molar refractivity (Wildman–Crippen MR) is 77.1 cm³/mol. The Morgan fingerprint density at radius 1 is 0.870 bits per heavy atom. The smallest absolute Gasteiger partial charge is 0.169 e. The van der Waals surface area contributed by atoms with E-state index in [1.54, 1.807) is 0 Å². The highest BCUT2D eigenvalue weighted by atomic mass is 35.5. The van der Waals surface area contributed by atoms with E-state index in [2.05, 4.69) is 0 Å². The van der Waals surface area contributed by atoms with Crippen LogP contribution in [0.25, 0.3) is 0 Å². The first-order chi connectivity index (χ1) is 10.2. The van der Waals surface area contributed by atoms with Gasteiger partial charge in [0.15, 0.2) is 5.25 Å². The van der Waals surface area contributed by atoms with Gasteiger partial charge in [-0.15, -0.1) is 0 Å². The molecule has 0 amide bonds. The monoisotopic (exact) mass is 380 g/mol. The maximum absolute atomic E-state index is 9.93. The lowest BCUT2D eigenvalue weighted by molar-refractivity contribution is -0.136. The van der Waals surface area contributed by atoms with Gasteiger partial charge in [-0.05, 0) is 0 Å². The van der Waals surface area contributed by atoms with E-state index >= 15 is 0 Å². The van der Waals surface area contributed by atoms with Crippen LogP contribution in [0, 0.1) is 0 Å². The van der Waals surface area contributed by atoms with Crippen molar-refractivity contribution >= 4 is 10.9 Å². The second kappa shape index (κ2) is 10.3. The molecule has 1 aliphatic heterocycles. The van der Waals surface area contributed by atoms with Gasteiger partial charge in [0.25, 0.3) is 0 Å². The van der Waals surface area contributed by atoms with Crippen LogP contribution < -0.4 is 12.4 Å². The fourth-order valence-electron chi connectivity index (χ4n) is 2.37. The summed E-state index contributed by atoms with van der Waals surface area (Å²) in [6.07, 6.45) is -10.8. The van der Waals surface area contributed by atoms with Crippen molar-refractivity contribution in [1.82, 2.24) is 0 Å². The van der Waals surface area contributed by atoms with Gasteiger partial charge in [-0.3, -0.25) is 0 Å². The highest BCUT2D eigenvalue weighted by molar-refractivity contribution is 7.97. The molecule has 140 valence electrons. The van der Waals surface area contributed by atoms with Crippen LogP contribution in [-0.4, -0.2) is 119 Å². The lowest BCUT2D eigenvalue weighted by Gasteiger charge is -2.28. The Labute approximate surface area is 142 Å². The number of halogens is 1. The molecule has 0 bridgehead atoms. The number of rotatable bonds is 8. The van der Waals surface area contributed by atoms with Gasteiger partial charge in [0.1, 0.15) is 54.2 Å². The minimum Gasteiger partial charge on any atom is -1.00 e. The molecule has 0 spiro atoms. The topological polar surface area (TPSA) is 182 Å². The molecule has 1 heterocycles. The van der Waals surface area contributed by atoms with Crippen LogP contribution in [0.2, 0.25) is 0 Å². The Bertz CT molecular complexity index is 340. The minimum atomic E-state index is -1.88. The van der Waals surface area contributed by atoms with Crippen molar-refractivity contribution in [1.29, 1.82) is 0 Å². The molecule has 0 aliphatic carbocycles. The summed E-state index contributed by atoms with van der Waals surface area (Å²) < 4.78 is 0. The van der Waals surface area contributed by atoms with Crippen LogP contribution in [-0.2, 0) is 10.9 Å². The molecule has 0 radical (unpaired) electrons. The van der Waals surface area contributed by atoms with Crippen molar-refractivity contribution in [2.45, 2.75) is 48.0 Å². The fourth-order valence-corrected chi connectivity index (χ4v) is 5.06. The Kier molecular flexibility index (Phi) is 10.4. The standard InChI is InChI=1S/C12H25O9S.ClH/c13-1-5(15)10(19)12(21)11(20)7(17)4-22-3-6(16)9(18)8(22)2-14;/h5-21H,1-4H2;1H/q+1;/p-1/t5-,6-,7-,8-,9+,10+,11-,12-,22?;/m1./s1. The molecule has 0 aromatic heterocycles. The van der Waals surface area contributed by atoms with E-state index < -0.39 is 72.1 Å². The van der Waals surface area contributed by atoms with Crippen molar-refractivity contribution in [2.24, 2.45) is 0 Å². The van der Waals surface area contributed by atoms with Crippen LogP contribution in [0.1, 0.15) is 0 Å². The maximum Gasteiger partial charge on any atom is 0.169 e. The predicted octanol–water partition coefficient (Wildman–Crippen LogP) is -8.50. The molecular formula is C12H25ClO9S. The largest absolute Gasteiger partial charge is 1.00 e. The second-order valence-electron chi connectivity index (χ2n) is 5.44. The van der Waals surface area contributed by atoms with E-state index in [0.29, 0.717) is 0 Å². The molecule has 0 aromatic carbocycles. The van der Waals surface area contributed by atoms with E-state index in [1.807, 2.05) is 0 Å². The molecule has 0 aromatic rings. The van der Waals surface area contributed by atoms with Crippen molar-refractivity contribution < 1.29 is 58.4 Å². The summed E-state index contributed by atoms with van der Waals surface area (Å²) in [4.78, 5) is 0. The van der Waals surface area contributed by atoms with E-state index in [-0.39, 0.29) is 23.9 Å². The summed E-state index contributed by atoms with van der Waals surface area (Å²) in [5.41, 5.74) is 0. The van der Waals surface area contributed by atoms with Crippen molar-refractivity contribution in [2.75, 3.05) is 24.7 Å². The highest BCUT2D eigenvalue weighted by Gasteiger charge is 2.51. The highest BCUT2D eigenvalue weighted by Crippen LogP contribution is 2.25. The zero-order valence-corrected chi connectivity index (χ0v) is 13.8. The summed E-state index contributed by atoms with van der Waals surface area (Å²) in [5, 5.41) is 84.7. The zero-order valence-electron chi connectivity index (χ0n) is 12.3. The molecule has 1 saturated heterocycles. The Morgan fingerprint density at radius 2 is 1.39 bits per heavy atom. The first kappa shape index (κ1) is 23.3. The summed E-state index contributed by atoms with van der Waals surface area (Å²) in [6, 6.07) is 0. The molecule has 1 unspecified atom stereocenters. The quantitative estimate of drug-likeness (QED) is 0.185. The summed E-state index contributed by atoms with van der Waals surface area (Å²) >= 11 is 0. The van der Waals surface area contributed by atoms with E-state index in [9.17, 15) is 40.9 Å². The average Bonchev–Trinajstić information content (AvgIpc) is 2.77. The fraction of sp³-hybridized carbons (Fsp3) is 1.00. The average molecular weight is 381 g/mol. The zero-order chi connectivity index (χ0) is 17.0. The molecule has 9 N–H and O–H groups in total. The van der Waals surface area contributed by atoms with Crippen molar-refractivity contribution in [3.63, 3.8) is 0 Å². The Morgan fingerprint density at radius 3 is 1.87 bits per heavy atom. The van der Waals surface area contributed by atoms with Gasteiger partial charge < -0.3 is 58.4 Å². The number of hydrogen-bond acceptors (Lipinski definition) is 9. The first-order valence-electron chi connectivity index (χ1n) is 6.89.